The fraction of sp³-hybridized carbons (Fsp3) is 0.250. The van der Waals surface area contributed by atoms with Crippen LogP contribution in [0, 0.1) is 25.5 Å². The van der Waals surface area contributed by atoms with Gasteiger partial charge in [0.1, 0.15) is 11.6 Å². The second-order valence-electron chi connectivity index (χ2n) is 8.65. The van der Waals surface area contributed by atoms with Crippen LogP contribution in [0.15, 0.2) is 48.5 Å². The summed E-state index contributed by atoms with van der Waals surface area (Å²) in [6, 6.07) is 10.6. The molecule has 1 heterocycles. The number of hydrogen-bond donors (Lipinski definition) is 2. The van der Waals surface area contributed by atoms with Gasteiger partial charge in [-0.05, 0) is 77.1 Å². The second kappa shape index (κ2) is 9.23. The molecule has 0 radical (unpaired) electrons. The summed E-state index contributed by atoms with van der Waals surface area (Å²) in [4.78, 5) is 26.0. The summed E-state index contributed by atoms with van der Waals surface area (Å²) in [5.41, 5.74) is 4.12. The van der Waals surface area contributed by atoms with E-state index in [1.807, 2.05) is 30.5 Å². The first-order valence-corrected chi connectivity index (χ1v) is 10.6. The van der Waals surface area contributed by atoms with Crippen molar-refractivity contribution in [1.82, 2.24) is 15.0 Å². The lowest BCUT2D eigenvalue weighted by Crippen LogP contribution is -2.56. The van der Waals surface area contributed by atoms with Gasteiger partial charge in [0, 0.05) is 33.7 Å². The lowest BCUT2D eigenvalue weighted by atomic mass is 10.1. The van der Waals surface area contributed by atoms with Gasteiger partial charge in [-0.25, -0.2) is 24.0 Å². The first kappa shape index (κ1) is 24.3. The third kappa shape index (κ3) is 5.51. The van der Waals surface area contributed by atoms with Gasteiger partial charge >= 0.3 is 6.03 Å². The Bertz CT molecular complexity index is 1200. The molecule has 2 aromatic carbocycles. The van der Waals surface area contributed by atoms with Crippen LogP contribution in [-0.2, 0) is 0 Å². The van der Waals surface area contributed by atoms with E-state index in [1.165, 1.54) is 6.07 Å². The number of rotatable bonds is 3. The molecule has 1 aromatic heterocycles. The monoisotopic (exact) mass is 474 g/mol. The normalized spacial score (nSPS) is 11.3. The first-order valence-electron chi connectivity index (χ1n) is 10.2. The summed E-state index contributed by atoms with van der Waals surface area (Å²) in [7, 11) is 0. The van der Waals surface area contributed by atoms with E-state index in [0.29, 0.717) is 10.7 Å². The van der Waals surface area contributed by atoms with Crippen molar-refractivity contribution in [2.24, 2.45) is 0 Å². The van der Waals surface area contributed by atoms with Crippen LogP contribution in [0.4, 0.5) is 19.3 Å². The second-order valence-corrected chi connectivity index (χ2v) is 9.09. The molecule has 0 saturated heterocycles. The van der Waals surface area contributed by atoms with Gasteiger partial charge in [0.2, 0.25) is 0 Å². The summed E-state index contributed by atoms with van der Waals surface area (Å²) in [5, 5.41) is 3.70. The van der Waals surface area contributed by atoms with Gasteiger partial charge in [-0.1, -0.05) is 11.6 Å². The number of hydrogen-bond acceptors (Lipinski definition) is 2. The van der Waals surface area contributed by atoms with Gasteiger partial charge < -0.3 is 9.88 Å². The van der Waals surface area contributed by atoms with Crippen LogP contribution in [0.5, 0.6) is 0 Å². The molecule has 33 heavy (non-hydrogen) atoms. The van der Waals surface area contributed by atoms with Gasteiger partial charge in [-0.2, -0.15) is 0 Å². The third-order valence-corrected chi connectivity index (χ3v) is 5.14. The van der Waals surface area contributed by atoms with Gasteiger partial charge in [0.25, 0.3) is 5.91 Å². The fourth-order valence-corrected chi connectivity index (χ4v) is 3.63. The van der Waals surface area contributed by atoms with Crippen LogP contribution >= 0.6 is 11.6 Å². The topological polar surface area (TPSA) is 66.4 Å². The van der Waals surface area contributed by atoms with Gasteiger partial charge in [0.05, 0.1) is 11.2 Å². The average Bonchev–Trinajstić information content (AvgIpc) is 3.05. The largest absolute Gasteiger partial charge is 0.338 e. The summed E-state index contributed by atoms with van der Waals surface area (Å²) in [6.45, 7) is 9.04. The summed E-state index contributed by atoms with van der Waals surface area (Å²) in [6.07, 6.45) is 0. The molecule has 3 amide bonds. The Morgan fingerprint density at radius 1 is 0.970 bits per heavy atom. The van der Waals surface area contributed by atoms with Crippen molar-refractivity contribution in [3.63, 3.8) is 0 Å². The number of hydrazine groups is 1. The number of aromatic nitrogens is 1. The Kier molecular flexibility index (Phi) is 6.78. The van der Waals surface area contributed by atoms with E-state index in [9.17, 15) is 18.4 Å². The quantitative estimate of drug-likeness (QED) is 0.457. The molecular formula is C24H25ClF2N4O2. The number of nitrogens with one attached hydrogen (secondary N) is 2. The van der Waals surface area contributed by atoms with Crippen molar-refractivity contribution in [2.75, 3.05) is 5.32 Å². The zero-order valence-corrected chi connectivity index (χ0v) is 19.7. The highest BCUT2D eigenvalue weighted by Crippen LogP contribution is 2.25. The molecule has 0 aliphatic rings. The van der Waals surface area contributed by atoms with Crippen LogP contribution in [0.2, 0.25) is 5.02 Å². The Balaban J connectivity index is 1.91. The minimum Gasteiger partial charge on any atom is -0.318 e. The van der Waals surface area contributed by atoms with Gasteiger partial charge in [0.15, 0.2) is 0 Å². The van der Waals surface area contributed by atoms with E-state index in [2.05, 4.69) is 10.7 Å². The maximum atomic E-state index is 13.9. The van der Waals surface area contributed by atoms with Gasteiger partial charge in [-0.15, -0.1) is 0 Å². The minimum atomic E-state index is -0.901. The van der Waals surface area contributed by atoms with Crippen molar-refractivity contribution < 1.29 is 18.4 Å². The van der Waals surface area contributed by atoms with Crippen LogP contribution in [0.1, 0.15) is 42.5 Å². The Labute approximate surface area is 196 Å². The lowest BCUT2D eigenvalue weighted by Gasteiger charge is -2.35. The van der Waals surface area contributed by atoms with Crippen molar-refractivity contribution >= 4 is 29.2 Å². The molecule has 0 unspecified atom stereocenters. The smallest absolute Gasteiger partial charge is 0.318 e. The van der Waals surface area contributed by atoms with Crippen molar-refractivity contribution in [2.45, 2.75) is 40.2 Å². The van der Waals surface area contributed by atoms with E-state index in [1.54, 1.807) is 32.9 Å². The standard InChI is InChI=1S/C24H25ClF2N4O2/c1-14-6-7-15(2)30(14)19-11-16(10-17(25)12-19)22(32)31(24(3,4)5)29-23(33)28-21-13-18(26)8-9-20(21)27/h6-13H,1-5H3,(H2,28,29,33). The van der Waals surface area contributed by atoms with Crippen LogP contribution in [-0.4, -0.2) is 27.1 Å². The summed E-state index contributed by atoms with van der Waals surface area (Å²) in [5.74, 6) is -2.04. The minimum absolute atomic E-state index is 0.247. The van der Waals surface area contributed by atoms with E-state index in [0.717, 1.165) is 34.6 Å². The molecule has 0 bridgehead atoms. The maximum absolute atomic E-state index is 13.9. The molecule has 174 valence electrons. The number of halogens is 3. The van der Waals surface area contributed by atoms with E-state index in [-0.39, 0.29) is 11.3 Å². The molecule has 9 heteroatoms. The van der Waals surface area contributed by atoms with Crippen LogP contribution < -0.4 is 10.7 Å². The highest BCUT2D eigenvalue weighted by molar-refractivity contribution is 6.31. The Morgan fingerprint density at radius 3 is 2.21 bits per heavy atom. The molecule has 3 aromatic rings. The molecule has 6 nitrogen and oxygen atoms in total. The average molecular weight is 475 g/mol. The third-order valence-electron chi connectivity index (χ3n) is 4.92. The molecule has 0 fully saturated rings. The van der Waals surface area contributed by atoms with Crippen LogP contribution in [0.3, 0.4) is 0 Å². The SMILES string of the molecule is Cc1ccc(C)n1-c1cc(Cl)cc(C(=O)N(NC(=O)Nc2cc(F)ccc2F)C(C)(C)C)c1. The van der Waals surface area contributed by atoms with E-state index >= 15 is 0 Å². The molecule has 3 rings (SSSR count). The zero-order chi connectivity index (χ0) is 24.5. The summed E-state index contributed by atoms with van der Waals surface area (Å²) >= 11 is 6.32. The molecule has 0 spiro atoms. The number of urea groups is 1. The van der Waals surface area contributed by atoms with Crippen molar-refractivity contribution in [3.05, 3.63) is 82.1 Å². The Hall–Kier alpha value is -3.39. The predicted molar refractivity (Wildman–Crippen MR) is 125 cm³/mol. The Morgan fingerprint density at radius 2 is 1.61 bits per heavy atom. The number of aryl methyl sites for hydroxylation is 2. The molecular weight excluding hydrogens is 450 g/mol. The highest BCUT2D eigenvalue weighted by Gasteiger charge is 2.30. The fourth-order valence-electron chi connectivity index (χ4n) is 3.40. The highest BCUT2D eigenvalue weighted by atomic mass is 35.5. The zero-order valence-electron chi connectivity index (χ0n) is 19.0. The molecule has 2 N–H and O–H groups in total. The molecule has 0 aliphatic heterocycles. The van der Waals surface area contributed by atoms with Crippen LogP contribution in [0.25, 0.3) is 5.69 Å². The number of amides is 3. The first-order chi connectivity index (χ1) is 15.4. The van der Waals surface area contributed by atoms with Crippen molar-refractivity contribution in [3.8, 4) is 5.69 Å². The van der Waals surface area contributed by atoms with E-state index < -0.39 is 29.1 Å². The molecule has 0 saturated carbocycles. The van der Waals surface area contributed by atoms with E-state index in [4.69, 9.17) is 11.6 Å². The number of anilines is 1. The lowest BCUT2D eigenvalue weighted by molar-refractivity contribution is 0.0460. The number of nitrogens with zero attached hydrogens (tertiary/aromatic N) is 2. The maximum Gasteiger partial charge on any atom is 0.338 e. The number of carbonyl (C=O) groups excluding carboxylic acids is 2. The molecule has 0 aliphatic carbocycles. The van der Waals surface area contributed by atoms with Gasteiger partial charge in [-0.3, -0.25) is 4.79 Å². The number of carbonyl (C=O) groups is 2. The number of benzene rings is 2. The van der Waals surface area contributed by atoms with Crippen molar-refractivity contribution in [1.29, 1.82) is 0 Å². The molecule has 0 atom stereocenters. The predicted octanol–water partition coefficient (Wildman–Crippen LogP) is 6.00. The summed E-state index contributed by atoms with van der Waals surface area (Å²) < 4.78 is 29.3.